The molecule has 0 radical (unpaired) electrons. The molecule has 2 aromatic carbocycles. The molecule has 0 saturated heterocycles. The average Bonchev–Trinajstić information content (AvgIpc) is 3.12. The van der Waals surface area contributed by atoms with Crippen molar-refractivity contribution in [2.45, 2.75) is 46.1 Å². The maximum Gasteiger partial charge on any atom is 0.225 e. The Kier molecular flexibility index (Phi) is 6.78. The summed E-state index contributed by atoms with van der Waals surface area (Å²) in [6.07, 6.45) is 1.92. The van der Waals surface area contributed by atoms with Crippen LogP contribution < -0.4 is 19.5 Å². The van der Waals surface area contributed by atoms with Crippen molar-refractivity contribution in [3.63, 3.8) is 0 Å². The van der Waals surface area contributed by atoms with Gasteiger partial charge in [-0.3, -0.25) is 4.79 Å². The number of aryl methyl sites for hydroxylation is 1. The third-order valence-electron chi connectivity index (χ3n) is 5.58. The van der Waals surface area contributed by atoms with Crippen LogP contribution in [0.5, 0.6) is 17.2 Å². The molecule has 0 saturated carbocycles. The first kappa shape index (κ1) is 22.5. The molecule has 1 heterocycles. The van der Waals surface area contributed by atoms with Gasteiger partial charge in [-0.1, -0.05) is 13.8 Å². The van der Waals surface area contributed by atoms with Crippen molar-refractivity contribution in [1.29, 1.82) is 0 Å². The minimum absolute atomic E-state index is 0.0874. The van der Waals surface area contributed by atoms with Crippen LogP contribution in [-0.2, 0) is 11.2 Å². The topological polar surface area (TPSA) is 69.9 Å². The van der Waals surface area contributed by atoms with Crippen LogP contribution in [0.2, 0.25) is 0 Å². The lowest BCUT2D eigenvalue weighted by atomic mass is 9.95. The summed E-state index contributed by atoms with van der Waals surface area (Å²) in [5.41, 5.74) is 5.01. The van der Waals surface area contributed by atoms with Crippen LogP contribution in [0, 0.1) is 6.92 Å². The fourth-order valence-corrected chi connectivity index (χ4v) is 3.90. The number of benzene rings is 2. The van der Waals surface area contributed by atoms with Gasteiger partial charge in [-0.15, -0.1) is 0 Å². The molecule has 1 N–H and O–H groups in total. The Labute approximate surface area is 183 Å². The Hall–Kier alpha value is -3.15. The Morgan fingerprint density at radius 2 is 1.65 bits per heavy atom. The third-order valence-corrected chi connectivity index (χ3v) is 5.58. The normalized spacial score (nSPS) is 12.1. The molecule has 0 aliphatic carbocycles. The number of rotatable bonds is 8. The number of hydrogen-bond acceptors (Lipinski definition) is 5. The highest BCUT2D eigenvalue weighted by Crippen LogP contribution is 2.39. The van der Waals surface area contributed by atoms with Crippen molar-refractivity contribution in [2.24, 2.45) is 0 Å². The molecule has 6 nitrogen and oxygen atoms in total. The van der Waals surface area contributed by atoms with E-state index in [2.05, 4.69) is 32.2 Å². The number of hydrogen-bond donors (Lipinski definition) is 1. The molecule has 1 aromatic heterocycles. The third kappa shape index (κ3) is 4.63. The Morgan fingerprint density at radius 3 is 2.19 bits per heavy atom. The summed E-state index contributed by atoms with van der Waals surface area (Å²) in [5.74, 6) is 1.94. The summed E-state index contributed by atoms with van der Waals surface area (Å²) in [6, 6.07) is 7.64. The van der Waals surface area contributed by atoms with Gasteiger partial charge in [0.05, 0.1) is 40.1 Å². The van der Waals surface area contributed by atoms with Crippen molar-refractivity contribution in [3.8, 4) is 17.2 Å². The summed E-state index contributed by atoms with van der Waals surface area (Å²) < 4.78 is 21.9. The molecule has 0 aliphatic heterocycles. The van der Waals surface area contributed by atoms with Gasteiger partial charge in [-0.25, -0.2) is 0 Å². The highest BCUT2D eigenvalue weighted by Gasteiger charge is 2.19. The number of carbonyl (C=O) groups excluding carboxylic acids is 1. The maximum absolute atomic E-state index is 12.8. The van der Waals surface area contributed by atoms with Crippen molar-refractivity contribution < 1.29 is 23.4 Å². The lowest BCUT2D eigenvalue weighted by molar-refractivity contribution is -0.121. The predicted molar refractivity (Wildman–Crippen MR) is 121 cm³/mol. The minimum Gasteiger partial charge on any atom is -0.493 e. The number of methoxy groups -OCH3 is 3. The standard InChI is InChI=1S/C25H31NO5/c1-14(2)19-12-20-18(13-31-21(20)8-15(19)3)11-24(27)26-16(4)17-9-22(28-5)25(30-7)23(10-17)29-6/h8-10,12-14,16H,11H2,1-7H3,(H,26,27). The van der Waals surface area contributed by atoms with E-state index in [-0.39, 0.29) is 18.4 Å². The molecular weight excluding hydrogens is 394 g/mol. The van der Waals surface area contributed by atoms with E-state index < -0.39 is 0 Å². The van der Waals surface area contributed by atoms with E-state index in [9.17, 15) is 4.79 Å². The molecular formula is C25H31NO5. The van der Waals surface area contributed by atoms with E-state index in [0.717, 1.165) is 22.1 Å². The van der Waals surface area contributed by atoms with E-state index in [1.54, 1.807) is 27.6 Å². The van der Waals surface area contributed by atoms with Crippen molar-refractivity contribution in [1.82, 2.24) is 5.32 Å². The summed E-state index contributed by atoms with van der Waals surface area (Å²) >= 11 is 0. The van der Waals surface area contributed by atoms with Gasteiger partial charge in [0.15, 0.2) is 11.5 Å². The van der Waals surface area contributed by atoms with E-state index >= 15 is 0 Å². The molecule has 31 heavy (non-hydrogen) atoms. The zero-order valence-electron chi connectivity index (χ0n) is 19.3. The van der Waals surface area contributed by atoms with Crippen molar-refractivity contribution in [2.75, 3.05) is 21.3 Å². The molecule has 1 unspecified atom stereocenters. The molecule has 1 amide bonds. The number of amides is 1. The van der Waals surface area contributed by atoms with Crippen LogP contribution >= 0.6 is 0 Å². The first-order valence-electron chi connectivity index (χ1n) is 10.4. The summed E-state index contributed by atoms with van der Waals surface area (Å²) in [4.78, 5) is 12.8. The number of carbonyl (C=O) groups is 1. The van der Waals surface area contributed by atoms with Gasteiger partial charge in [-0.05, 0) is 60.7 Å². The second-order valence-corrected chi connectivity index (χ2v) is 8.05. The van der Waals surface area contributed by atoms with Gasteiger partial charge in [0, 0.05) is 10.9 Å². The van der Waals surface area contributed by atoms with Gasteiger partial charge < -0.3 is 23.9 Å². The highest BCUT2D eigenvalue weighted by atomic mass is 16.5. The Bertz CT molecular complexity index is 1060. The average molecular weight is 426 g/mol. The fourth-order valence-electron chi connectivity index (χ4n) is 3.90. The molecule has 3 aromatic rings. The molecule has 0 aliphatic rings. The van der Waals surface area contributed by atoms with E-state index in [1.807, 2.05) is 25.1 Å². The quantitative estimate of drug-likeness (QED) is 0.530. The maximum atomic E-state index is 12.8. The molecule has 0 spiro atoms. The second-order valence-electron chi connectivity index (χ2n) is 8.05. The monoisotopic (exact) mass is 425 g/mol. The minimum atomic E-state index is -0.243. The molecule has 3 rings (SSSR count). The van der Waals surface area contributed by atoms with Crippen molar-refractivity contribution in [3.05, 3.63) is 52.8 Å². The zero-order chi connectivity index (χ0) is 22.7. The highest BCUT2D eigenvalue weighted by molar-refractivity contribution is 5.88. The molecule has 166 valence electrons. The molecule has 0 bridgehead atoms. The molecule has 1 atom stereocenters. The fraction of sp³-hybridized carbons (Fsp3) is 0.400. The van der Waals surface area contributed by atoms with Crippen molar-refractivity contribution >= 4 is 16.9 Å². The second kappa shape index (κ2) is 9.33. The Morgan fingerprint density at radius 1 is 1.00 bits per heavy atom. The lowest BCUT2D eigenvalue weighted by Crippen LogP contribution is -2.28. The first-order valence-corrected chi connectivity index (χ1v) is 10.4. The largest absolute Gasteiger partial charge is 0.493 e. The number of fused-ring (bicyclic) bond motifs is 1. The smallest absolute Gasteiger partial charge is 0.225 e. The summed E-state index contributed by atoms with van der Waals surface area (Å²) in [7, 11) is 4.70. The van der Waals surface area contributed by atoms with Gasteiger partial charge in [0.2, 0.25) is 11.7 Å². The van der Waals surface area contributed by atoms with Crippen LogP contribution in [0.4, 0.5) is 0 Å². The molecule has 6 heteroatoms. The van der Waals surface area contributed by atoms with Gasteiger partial charge in [0.1, 0.15) is 5.58 Å². The first-order chi connectivity index (χ1) is 14.8. The van der Waals surface area contributed by atoms with Crippen LogP contribution in [0.3, 0.4) is 0 Å². The van der Waals surface area contributed by atoms with Gasteiger partial charge >= 0.3 is 0 Å². The van der Waals surface area contributed by atoms with E-state index in [0.29, 0.717) is 23.2 Å². The van der Waals surface area contributed by atoms with Crippen LogP contribution in [0.15, 0.2) is 34.9 Å². The summed E-state index contributed by atoms with van der Waals surface area (Å²) in [5, 5.41) is 4.05. The van der Waals surface area contributed by atoms with E-state index in [1.165, 1.54) is 11.1 Å². The predicted octanol–water partition coefficient (Wildman–Crippen LogP) is 5.31. The molecule has 0 fully saturated rings. The SMILES string of the molecule is COc1cc(C(C)NC(=O)Cc2coc3cc(C)c(C(C)C)cc23)cc(OC)c1OC. The van der Waals surface area contributed by atoms with Crippen LogP contribution in [-0.4, -0.2) is 27.2 Å². The Balaban J connectivity index is 1.80. The lowest BCUT2D eigenvalue weighted by Gasteiger charge is -2.18. The van der Waals surface area contributed by atoms with Crippen LogP contribution in [0.25, 0.3) is 11.0 Å². The van der Waals surface area contributed by atoms with Gasteiger partial charge in [-0.2, -0.15) is 0 Å². The number of nitrogens with one attached hydrogen (secondary N) is 1. The zero-order valence-corrected chi connectivity index (χ0v) is 19.3. The van der Waals surface area contributed by atoms with E-state index in [4.69, 9.17) is 18.6 Å². The van der Waals surface area contributed by atoms with Gasteiger partial charge in [0.25, 0.3) is 0 Å². The summed E-state index contributed by atoms with van der Waals surface area (Å²) in [6.45, 7) is 8.34. The number of furan rings is 1. The number of ether oxygens (including phenoxy) is 3. The van der Waals surface area contributed by atoms with Crippen LogP contribution in [0.1, 0.15) is 55.0 Å².